The molecule has 2 N–H and O–H groups in total. The maximum atomic E-state index is 12.8. The van der Waals surface area contributed by atoms with Gasteiger partial charge in [0.1, 0.15) is 5.82 Å². The van der Waals surface area contributed by atoms with Gasteiger partial charge in [-0.3, -0.25) is 4.79 Å². The predicted molar refractivity (Wildman–Crippen MR) is 127 cm³/mol. The van der Waals surface area contributed by atoms with E-state index in [0.29, 0.717) is 36.0 Å². The van der Waals surface area contributed by atoms with Crippen LogP contribution in [0.4, 0.5) is 16.3 Å². The lowest BCUT2D eigenvalue weighted by Crippen LogP contribution is -2.55. The number of nitrogens with zero attached hydrogens (tertiary/aromatic N) is 3. The second-order valence-electron chi connectivity index (χ2n) is 8.97. The Kier molecular flexibility index (Phi) is 6.91. The van der Waals surface area contributed by atoms with Crippen molar-refractivity contribution < 1.29 is 14.7 Å². The Bertz CT molecular complexity index is 962. The summed E-state index contributed by atoms with van der Waals surface area (Å²) in [6.45, 7) is 10.6. The number of urea groups is 1. The highest BCUT2D eigenvalue weighted by molar-refractivity contribution is 6.88. The van der Waals surface area contributed by atoms with Gasteiger partial charge in [-0.25, -0.2) is 9.78 Å². The number of piperazine rings is 1. The molecule has 3 rings (SSSR count). The second-order valence-corrected chi connectivity index (χ2v) is 14.4. The van der Waals surface area contributed by atoms with Gasteiger partial charge in [-0.1, -0.05) is 48.6 Å². The molecule has 0 aliphatic carbocycles. The van der Waals surface area contributed by atoms with Crippen molar-refractivity contribution in [3.8, 4) is 0 Å². The number of carboxylic acid groups (broad SMARTS) is 1. The highest BCUT2D eigenvalue weighted by Crippen LogP contribution is 2.27. The van der Waals surface area contributed by atoms with Crippen molar-refractivity contribution in [3.05, 3.63) is 47.1 Å². The summed E-state index contributed by atoms with van der Waals surface area (Å²) in [5.74, 6) is -0.307. The van der Waals surface area contributed by atoms with E-state index < -0.39 is 14.0 Å². The van der Waals surface area contributed by atoms with Gasteiger partial charge in [-0.2, -0.15) is 0 Å². The normalized spacial score (nSPS) is 16.9. The fraction of sp³-hybridized carbons (Fsp3) is 0.409. The minimum atomic E-state index is -1.37. The molecule has 1 saturated heterocycles. The number of amides is 2. The average Bonchev–Trinajstić information content (AvgIpc) is 2.67. The number of nitrogens with one attached hydrogen (secondary N) is 1. The van der Waals surface area contributed by atoms with Crippen LogP contribution in [0.15, 0.2) is 36.5 Å². The first-order valence-electron chi connectivity index (χ1n) is 10.3. The number of hydrogen-bond donors (Lipinski definition) is 2. The molecule has 1 aromatic carbocycles. The molecule has 0 bridgehead atoms. The maximum Gasteiger partial charge on any atom is 0.322 e. The van der Waals surface area contributed by atoms with Gasteiger partial charge in [0.2, 0.25) is 0 Å². The van der Waals surface area contributed by atoms with Gasteiger partial charge in [-0.15, -0.1) is 0 Å². The lowest BCUT2D eigenvalue weighted by atomic mass is 10.1. The van der Waals surface area contributed by atoms with Crippen LogP contribution < -0.4 is 15.4 Å². The molecule has 9 heteroatoms. The Hall–Kier alpha value is -2.58. The smallest absolute Gasteiger partial charge is 0.322 e. The van der Waals surface area contributed by atoms with Crippen LogP contribution in [0, 0.1) is 0 Å². The highest BCUT2D eigenvalue weighted by atomic mass is 35.5. The first-order chi connectivity index (χ1) is 14.5. The van der Waals surface area contributed by atoms with E-state index in [0.717, 1.165) is 5.69 Å². The zero-order chi connectivity index (χ0) is 22.8. The zero-order valence-electron chi connectivity index (χ0n) is 18.4. The lowest BCUT2D eigenvalue weighted by Gasteiger charge is -2.40. The molecular weight excluding hydrogens is 432 g/mol. The van der Waals surface area contributed by atoms with E-state index in [1.54, 1.807) is 12.3 Å². The molecule has 0 radical (unpaired) electrons. The van der Waals surface area contributed by atoms with E-state index in [1.165, 1.54) is 5.19 Å². The van der Waals surface area contributed by atoms with Crippen molar-refractivity contribution in [2.24, 2.45) is 0 Å². The molecular formula is C22H29ClN4O3Si. The van der Waals surface area contributed by atoms with Gasteiger partial charge in [0.05, 0.1) is 19.5 Å². The van der Waals surface area contributed by atoms with Crippen LogP contribution in [0.25, 0.3) is 0 Å². The van der Waals surface area contributed by atoms with E-state index in [2.05, 4.69) is 42.1 Å². The maximum absolute atomic E-state index is 12.8. The number of aliphatic carboxylic acids is 1. The van der Waals surface area contributed by atoms with Crippen LogP contribution >= 0.6 is 11.6 Å². The Morgan fingerprint density at radius 2 is 1.90 bits per heavy atom. The number of anilines is 2. The van der Waals surface area contributed by atoms with Gasteiger partial charge in [0, 0.05) is 37.6 Å². The zero-order valence-corrected chi connectivity index (χ0v) is 20.1. The summed E-state index contributed by atoms with van der Waals surface area (Å²) in [4.78, 5) is 31.9. The Morgan fingerprint density at radius 1 is 1.23 bits per heavy atom. The predicted octanol–water partition coefficient (Wildman–Crippen LogP) is 3.65. The van der Waals surface area contributed by atoms with Gasteiger partial charge >= 0.3 is 12.0 Å². The van der Waals surface area contributed by atoms with Crippen molar-refractivity contribution in [2.45, 2.75) is 39.0 Å². The third-order valence-corrected chi connectivity index (χ3v) is 7.77. The molecule has 31 heavy (non-hydrogen) atoms. The molecule has 1 aliphatic rings. The number of pyridine rings is 1. The molecule has 1 aromatic heterocycles. The van der Waals surface area contributed by atoms with Gasteiger partial charge < -0.3 is 20.2 Å². The molecule has 1 fully saturated rings. The van der Waals surface area contributed by atoms with E-state index in [4.69, 9.17) is 16.7 Å². The van der Waals surface area contributed by atoms with Crippen molar-refractivity contribution in [3.63, 3.8) is 0 Å². The molecule has 166 valence electrons. The van der Waals surface area contributed by atoms with Gasteiger partial charge in [0.15, 0.2) is 0 Å². The Morgan fingerprint density at radius 3 is 2.45 bits per heavy atom. The topological polar surface area (TPSA) is 85.8 Å². The number of aromatic nitrogens is 1. The summed E-state index contributed by atoms with van der Waals surface area (Å²) < 4.78 is 0. The number of carbonyl (C=O) groups excluding carboxylic acids is 1. The standard InChI is InChI=1S/C22H29ClN4O3Si/c1-15-14-26(21-19(23)11-16(13-24-21)12-20(28)29)9-10-27(15)22(30)25-17-5-7-18(8-6-17)31(2,3)4/h5-8,11,13,15H,9-10,12,14H2,1-4H3,(H,25,30)(H,28,29). The summed E-state index contributed by atoms with van der Waals surface area (Å²) in [5, 5.41) is 13.7. The number of carbonyl (C=O) groups is 2. The van der Waals surface area contributed by atoms with E-state index in [-0.39, 0.29) is 18.5 Å². The molecule has 0 saturated carbocycles. The SMILES string of the molecule is CC1CN(c2ncc(CC(=O)O)cc2Cl)CCN1C(=O)Nc1ccc([Si](C)(C)C)cc1. The quantitative estimate of drug-likeness (QED) is 0.665. The summed E-state index contributed by atoms with van der Waals surface area (Å²) in [6.07, 6.45) is 1.43. The van der Waals surface area contributed by atoms with Crippen molar-refractivity contribution >= 4 is 48.4 Å². The Balaban J connectivity index is 1.62. The summed E-state index contributed by atoms with van der Waals surface area (Å²) >= 11 is 6.36. The number of carboxylic acids is 1. The third kappa shape index (κ3) is 5.77. The van der Waals surface area contributed by atoms with Crippen LogP contribution in [0.1, 0.15) is 12.5 Å². The molecule has 1 aliphatic heterocycles. The number of hydrogen-bond acceptors (Lipinski definition) is 4. The Labute approximate surface area is 189 Å². The van der Waals surface area contributed by atoms with E-state index in [9.17, 15) is 9.59 Å². The minimum Gasteiger partial charge on any atom is -0.481 e. The lowest BCUT2D eigenvalue weighted by molar-refractivity contribution is -0.136. The van der Waals surface area contributed by atoms with Crippen molar-refractivity contribution in [2.75, 3.05) is 29.9 Å². The van der Waals surface area contributed by atoms with Crippen molar-refractivity contribution in [1.29, 1.82) is 0 Å². The number of benzene rings is 1. The van der Waals surface area contributed by atoms with Crippen LogP contribution in [-0.4, -0.2) is 60.7 Å². The number of halogens is 1. The molecule has 2 heterocycles. The van der Waals surface area contributed by atoms with Gasteiger partial charge in [-0.05, 0) is 30.7 Å². The van der Waals surface area contributed by atoms with Gasteiger partial charge in [0.25, 0.3) is 0 Å². The average molecular weight is 461 g/mol. The summed E-state index contributed by atoms with van der Waals surface area (Å²) in [7, 11) is -1.37. The third-order valence-electron chi connectivity index (χ3n) is 5.42. The molecule has 1 atom stereocenters. The first-order valence-corrected chi connectivity index (χ1v) is 14.2. The van der Waals surface area contributed by atoms with Crippen LogP contribution in [-0.2, 0) is 11.2 Å². The fourth-order valence-electron chi connectivity index (χ4n) is 3.67. The summed E-state index contributed by atoms with van der Waals surface area (Å²) in [6, 6.07) is 9.63. The molecule has 0 spiro atoms. The molecule has 2 amide bonds. The first kappa shape index (κ1) is 23.1. The molecule has 7 nitrogen and oxygen atoms in total. The summed E-state index contributed by atoms with van der Waals surface area (Å²) in [5.41, 5.74) is 1.35. The molecule has 1 unspecified atom stereocenters. The highest BCUT2D eigenvalue weighted by Gasteiger charge is 2.29. The fourth-order valence-corrected chi connectivity index (χ4v) is 5.15. The minimum absolute atomic E-state index is 0.0356. The largest absolute Gasteiger partial charge is 0.481 e. The number of rotatable bonds is 5. The van der Waals surface area contributed by atoms with Crippen LogP contribution in [0.3, 0.4) is 0 Å². The van der Waals surface area contributed by atoms with Crippen molar-refractivity contribution in [1.82, 2.24) is 9.88 Å². The van der Waals surface area contributed by atoms with E-state index in [1.807, 2.05) is 28.9 Å². The molecule has 2 aromatic rings. The monoisotopic (exact) mass is 460 g/mol. The van der Waals surface area contributed by atoms with Crippen LogP contribution in [0.5, 0.6) is 0 Å². The van der Waals surface area contributed by atoms with Crippen LogP contribution in [0.2, 0.25) is 24.7 Å². The second kappa shape index (κ2) is 9.28. The van der Waals surface area contributed by atoms with E-state index >= 15 is 0 Å².